The number of aryl methyl sites for hydroxylation is 1. The van der Waals surface area contributed by atoms with Crippen LogP contribution in [0.2, 0.25) is 0 Å². The highest BCUT2D eigenvalue weighted by Gasteiger charge is 2.14. The molecule has 0 saturated carbocycles. The molecule has 4 nitrogen and oxygen atoms in total. The zero-order valence-electron chi connectivity index (χ0n) is 10.8. The molecule has 96 valence electrons. The van der Waals surface area contributed by atoms with Crippen molar-refractivity contribution in [2.75, 3.05) is 0 Å². The van der Waals surface area contributed by atoms with Gasteiger partial charge in [0.05, 0.1) is 3.57 Å². The van der Waals surface area contributed by atoms with Gasteiger partial charge in [-0.25, -0.2) is 4.79 Å². The molecule has 1 aromatic rings. The second kappa shape index (κ2) is 5.37. The first-order valence-electron chi connectivity index (χ1n) is 5.76. The minimum absolute atomic E-state index is 0.115. The van der Waals surface area contributed by atoms with Gasteiger partial charge in [-0.3, -0.25) is 13.9 Å². The number of aromatic nitrogens is 2. The maximum atomic E-state index is 12.0. The number of nitrogens with zero attached hydrogens (tertiary/aromatic N) is 2. The SMILES string of the molecule is CCn1cc(I)c(=O)n(CCC(C)(C)C)c1=O. The van der Waals surface area contributed by atoms with Crippen LogP contribution in [-0.2, 0) is 13.1 Å². The predicted molar refractivity (Wildman–Crippen MR) is 77.4 cm³/mol. The molecule has 0 atom stereocenters. The highest BCUT2D eigenvalue weighted by atomic mass is 127. The van der Waals surface area contributed by atoms with E-state index in [9.17, 15) is 9.59 Å². The topological polar surface area (TPSA) is 44.0 Å². The van der Waals surface area contributed by atoms with E-state index in [2.05, 4.69) is 20.8 Å². The van der Waals surface area contributed by atoms with E-state index >= 15 is 0 Å². The summed E-state index contributed by atoms with van der Waals surface area (Å²) in [5.74, 6) is 0. The van der Waals surface area contributed by atoms with Crippen LogP contribution >= 0.6 is 22.6 Å². The van der Waals surface area contributed by atoms with Crippen molar-refractivity contribution in [3.05, 3.63) is 30.6 Å². The summed E-state index contributed by atoms with van der Waals surface area (Å²) < 4.78 is 3.51. The molecule has 0 aliphatic rings. The molecule has 1 aromatic heterocycles. The summed E-state index contributed by atoms with van der Waals surface area (Å²) in [5.41, 5.74) is -0.267. The van der Waals surface area contributed by atoms with Crippen LogP contribution in [0.5, 0.6) is 0 Å². The molecule has 0 spiro atoms. The Morgan fingerprint density at radius 1 is 1.29 bits per heavy atom. The Morgan fingerprint density at radius 3 is 2.35 bits per heavy atom. The van der Waals surface area contributed by atoms with Crippen LogP contribution in [0.4, 0.5) is 0 Å². The van der Waals surface area contributed by atoms with Crippen molar-refractivity contribution in [2.45, 2.75) is 47.2 Å². The molecule has 0 fully saturated rings. The fraction of sp³-hybridized carbons (Fsp3) is 0.667. The summed E-state index contributed by atoms with van der Waals surface area (Å²) >= 11 is 1.98. The normalized spacial score (nSPS) is 11.8. The molecule has 0 aliphatic heterocycles. The number of hydrogen-bond donors (Lipinski definition) is 0. The first-order valence-corrected chi connectivity index (χ1v) is 6.84. The molecular weight excluding hydrogens is 331 g/mol. The molecular formula is C12H19IN2O2. The average Bonchev–Trinajstić information content (AvgIpc) is 2.22. The van der Waals surface area contributed by atoms with Gasteiger partial charge >= 0.3 is 5.69 Å². The minimum atomic E-state index is -0.206. The van der Waals surface area contributed by atoms with Crippen molar-refractivity contribution in [3.8, 4) is 0 Å². The van der Waals surface area contributed by atoms with E-state index in [1.165, 1.54) is 4.57 Å². The zero-order valence-corrected chi connectivity index (χ0v) is 12.9. The van der Waals surface area contributed by atoms with Crippen molar-refractivity contribution < 1.29 is 0 Å². The van der Waals surface area contributed by atoms with Gasteiger partial charge in [0.25, 0.3) is 5.56 Å². The molecule has 5 heteroatoms. The van der Waals surface area contributed by atoms with E-state index in [0.717, 1.165) is 6.42 Å². The van der Waals surface area contributed by atoms with Crippen LogP contribution in [0.1, 0.15) is 34.1 Å². The van der Waals surface area contributed by atoms with E-state index in [0.29, 0.717) is 16.7 Å². The second-order valence-electron chi connectivity index (χ2n) is 5.31. The lowest BCUT2D eigenvalue weighted by Gasteiger charge is -2.18. The molecule has 0 aliphatic carbocycles. The van der Waals surface area contributed by atoms with Gasteiger partial charge in [0.15, 0.2) is 0 Å². The van der Waals surface area contributed by atoms with Crippen LogP contribution in [0.3, 0.4) is 0 Å². The third-order valence-electron chi connectivity index (χ3n) is 2.62. The van der Waals surface area contributed by atoms with E-state index < -0.39 is 0 Å². The Morgan fingerprint density at radius 2 is 1.88 bits per heavy atom. The summed E-state index contributed by atoms with van der Waals surface area (Å²) in [6.07, 6.45) is 2.44. The average molecular weight is 350 g/mol. The predicted octanol–water partition coefficient (Wildman–Crippen LogP) is 2.07. The Labute approximate surface area is 115 Å². The lowest BCUT2D eigenvalue weighted by molar-refractivity contribution is 0.340. The summed E-state index contributed by atoms with van der Waals surface area (Å²) in [6.45, 7) is 9.28. The van der Waals surface area contributed by atoms with E-state index in [1.807, 2.05) is 29.5 Å². The van der Waals surface area contributed by atoms with Gasteiger partial charge in [-0.05, 0) is 41.4 Å². The monoisotopic (exact) mass is 350 g/mol. The van der Waals surface area contributed by atoms with Crippen molar-refractivity contribution in [3.63, 3.8) is 0 Å². The molecule has 0 aromatic carbocycles. The highest BCUT2D eigenvalue weighted by Crippen LogP contribution is 2.18. The molecule has 0 unspecified atom stereocenters. The van der Waals surface area contributed by atoms with Crippen LogP contribution in [0.25, 0.3) is 0 Å². The number of halogens is 1. The van der Waals surface area contributed by atoms with Gasteiger partial charge in [-0.15, -0.1) is 0 Å². The summed E-state index contributed by atoms with van der Waals surface area (Å²) in [5, 5.41) is 0. The molecule has 0 N–H and O–H groups in total. The molecule has 1 rings (SSSR count). The van der Waals surface area contributed by atoms with Crippen LogP contribution < -0.4 is 11.2 Å². The fourth-order valence-corrected chi connectivity index (χ4v) is 2.12. The van der Waals surface area contributed by atoms with Gasteiger partial charge in [0.2, 0.25) is 0 Å². The minimum Gasteiger partial charge on any atom is -0.300 e. The van der Waals surface area contributed by atoms with Crippen LogP contribution in [-0.4, -0.2) is 9.13 Å². The van der Waals surface area contributed by atoms with Crippen molar-refractivity contribution in [2.24, 2.45) is 5.41 Å². The van der Waals surface area contributed by atoms with Gasteiger partial charge in [-0.1, -0.05) is 20.8 Å². The Balaban J connectivity index is 3.19. The maximum absolute atomic E-state index is 12.0. The molecule has 1 heterocycles. The summed E-state index contributed by atoms with van der Waals surface area (Å²) in [6, 6.07) is 0. The first kappa shape index (κ1) is 14.5. The van der Waals surface area contributed by atoms with Gasteiger partial charge < -0.3 is 0 Å². The Hall–Kier alpha value is -0.590. The molecule has 0 saturated heterocycles. The van der Waals surface area contributed by atoms with Crippen molar-refractivity contribution in [1.29, 1.82) is 0 Å². The molecule has 0 bridgehead atoms. The Bertz CT molecular complexity index is 509. The van der Waals surface area contributed by atoms with Crippen LogP contribution in [0, 0.1) is 8.99 Å². The van der Waals surface area contributed by atoms with E-state index in [-0.39, 0.29) is 16.7 Å². The number of rotatable bonds is 3. The zero-order chi connectivity index (χ0) is 13.2. The first-order chi connectivity index (χ1) is 7.76. The maximum Gasteiger partial charge on any atom is 0.331 e. The fourth-order valence-electron chi connectivity index (χ4n) is 1.49. The highest BCUT2D eigenvalue weighted by molar-refractivity contribution is 14.1. The van der Waals surface area contributed by atoms with Gasteiger partial charge in [0.1, 0.15) is 0 Å². The largest absolute Gasteiger partial charge is 0.331 e. The molecule has 0 amide bonds. The molecule has 0 radical (unpaired) electrons. The van der Waals surface area contributed by atoms with E-state index in [1.54, 1.807) is 10.8 Å². The van der Waals surface area contributed by atoms with Crippen LogP contribution in [0.15, 0.2) is 15.8 Å². The second-order valence-corrected chi connectivity index (χ2v) is 6.48. The smallest absolute Gasteiger partial charge is 0.300 e. The van der Waals surface area contributed by atoms with Crippen molar-refractivity contribution in [1.82, 2.24) is 9.13 Å². The number of hydrogen-bond acceptors (Lipinski definition) is 2. The Kier molecular flexibility index (Phi) is 4.57. The van der Waals surface area contributed by atoms with Gasteiger partial charge in [0, 0.05) is 19.3 Å². The standard InChI is InChI=1S/C12H19IN2O2/c1-5-14-8-9(13)10(16)15(11(14)17)7-6-12(2,3)4/h8H,5-7H2,1-4H3. The van der Waals surface area contributed by atoms with E-state index in [4.69, 9.17) is 0 Å². The summed E-state index contributed by atoms with van der Waals surface area (Å²) in [4.78, 5) is 23.9. The summed E-state index contributed by atoms with van der Waals surface area (Å²) in [7, 11) is 0. The van der Waals surface area contributed by atoms with Crippen molar-refractivity contribution >= 4 is 22.6 Å². The lowest BCUT2D eigenvalue weighted by Crippen LogP contribution is -2.41. The van der Waals surface area contributed by atoms with Gasteiger partial charge in [-0.2, -0.15) is 0 Å². The quantitative estimate of drug-likeness (QED) is 0.784. The molecule has 17 heavy (non-hydrogen) atoms. The lowest BCUT2D eigenvalue weighted by atomic mass is 9.92. The third kappa shape index (κ3) is 3.69. The third-order valence-corrected chi connectivity index (χ3v) is 3.36.